The van der Waals surface area contributed by atoms with Gasteiger partial charge in [0, 0.05) is 6.42 Å². The Morgan fingerprint density at radius 2 is 2.00 bits per heavy atom. The molecular formula is C10H16O5. The molecule has 4 atom stereocenters. The second-order valence-corrected chi connectivity index (χ2v) is 3.67. The van der Waals surface area contributed by atoms with Crippen LogP contribution in [0.5, 0.6) is 0 Å². The lowest BCUT2D eigenvalue weighted by atomic mass is 10.1. The van der Waals surface area contributed by atoms with Gasteiger partial charge in [-0.3, -0.25) is 4.79 Å². The van der Waals surface area contributed by atoms with E-state index in [4.69, 9.17) is 4.74 Å². The fraction of sp³-hybridized carbons (Fsp3) is 0.700. The van der Waals surface area contributed by atoms with Crippen molar-refractivity contribution in [1.29, 1.82) is 0 Å². The van der Waals surface area contributed by atoms with Crippen LogP contribution in [-0.2, 0) is 9.53 Å². The number of hydrogen-bond acceptors (Lipinski definition) is 5. The minimum Gasteiger partial charge on any atom is -0.460 e. The van der Waals surface area contributed by atoms with Crippen molar-refractivity contribution >= 4 is 5.97 Å². The molecule has 1 rings (SSSR count). The summed E-state index contributed by atoms with van der Waals surface area (Å²) in [5, 5.41) is 28.3. The van der Waals surface area contributed by atoms with Crippen LogP contribution in [-0.4, -0.2) is 45.7 Å². The van der Waals surface area contributed by atoms with Gasteiger partial charge in [-0.25, -0.2) is 0 Å². The normalized spacial score (nSPS) is 40.7. The molecular weight excluding hydrogens is 200 g/mol. The highest BCUT2D eigenvalue weighted by molar-refractivity contribution is 5.69. The van der Waals surface area contributed by atoms with Crippen LogP contribution in [0.25, 0.3) is 0 Å². The third-order valence-electron chi connectivity index (χ3n) is 2.32. The van der Waals surface area contributed by atoms with E-state index in [1.807, 2.05) is 0 Å². The lowest BCUT2D eigenvalue weighted by Crippen LogP contribution is -2.38. The van der Waals surface area contributed by atoms with Gasteiger partial charge in [0.05, 0.1) is 6.10 Å². The Labute approximate surface area is 88.0 Å². The van der Waals surface area contributed by atoms with Gasteiger partial charge in [-0.1, -0.05) is 12.2 Å². The molecule has 15 heavy (non-hydrogen) atoms. The molecule has 1 aliphatic heterocycles. The molecule has 5 heteroatoms. The van der Waals surface area contributed by atoms with Crippen molar-refractivity contribution in [2.45, 2.75) is 44.2 Å². The number of esters is 1. The first kappa shape index (κ1) is 12.2. The first-order chi connectivity index (χ1) is 7.00. The van der Waals surface area contributed by atoms with Gasteiger partial charge in [0.1, 0.15) is 18.3 Å². The van der Waals surface area contributed by atoms with Crippen molar-refractivity contribution in [1.82, 2.24) is 0 Å². The first-order valence-corrected chi connectivity index (χ1v) is 4.92. The van der Waals surface area contributed by atoms with Crippen molar-refractivity contribution in [2.24, 2.45) is 0 Å². The van der Waals surface area contributed by atoms with Crippen LogP contribution in [0, 0.1) is 0 Å². The summed E-state index contributed by atoms with van der Waals surface area (Å²) in [5.41, 5.74) is 0. The molecule has 0 unspecified atom stereocenters. The van der Waals surface area contributed by atoms with Crippen LogP contribution in [0.4, 0.5) is 0 Å². The van der Waals surface area contributed by atoms with Crippen molar-refractivity contribution in [2.75, 3.05) is 0 Å². The average Bonchev–Trinajstić information content (AvgIpc) is 2.20. The number of aliphatic hydroxyl groups excluding tert-OH is 3. The van der Waals surface area contributed by atoms with Crippen molar-refractivity contribution in [3.05, 3.63) is 12.2 Å². The molecule has 0 spiro atoms. The fourth-order valence-electron chi connectivity index (χ4n) is 1.33. The molecule has 1 aliphatic rings. The number of aliphatic hydroxyl groups is 3. The first-order valence-electron chi connectivity index (χ1n) is 4.92. The zero-order valence-electron chi connectivity index (χ0n) is 8.54. The molecule has 0 saturated carbocycles. The molecule has 0 aromatic heterocycles. The number of carbonyl (C=O) groups excluding carboxylic acids is 1. The number of hydrogen-bond donors (Lipinski definition) is 3. The molecule has 5 nitrogen and oxygen atoms in total. The number of rotatable bonds is 0. The largest absolute Gasteiger partial charge is 0.460 e. The summed E-state index contributed by atoms with van der Waals surface area (Å²) < 4.78 is 4.86. The van der Waals surface area contributed by atoms with Crippen LogP contribution in [0.15, 0.2) is 12.2 Å². The van der Waals surface area contributed by atoms with E-state index in [9.17, 15) is 20.1 Å². The van der Waals surface area contributed by atoms with E-state index < -0.39 is 30.4 Å². The van der Waals surface area contributed by atoms with Gasteiger partial charge in [-0.05, 0) is 13.3 Å². The predicted octanol–water partition coefficient (Wildman–Crippen LogP) is -0.649. The maximum Gasteiger partial charge on any atom is 0.306 e. The van der Waals surface area contributed by atoms with Crippen LogP contribution in [0.2, 0.25) is 0 Å². The Morgan fingerprint density at radius 1 is 1.33 bits per heavy atom. The zero-order chi connectivity index (χ0) is 11.4. The van der Waals surface area contributed by atoms with E-state index in [0.717, 1.165) is 0 Å². The lowest BCUT2D eigenvalue weighted by Gasteiger charge is -2.23. The van der Waals surface area contributed by atoms with Gasteiger partial charge in [-0.2, -0.15) is 0 Å². The summed E-state index contributed by atoms with van der Waals surface area (Å²) in [4.78, 5) is 11.2. The molecule has 3 N–H and O–H groups in total. The van der Waals surface area contributed by atoms with Crippen molar-refractivity contribution in [3.8, 4) is 0 Å². The van der Waals surface area contributed by atoms with Crippen LogP contribution < -0.4 is 0 Å². The Balaban J connectivity index is 2.74. The molecule has 0 saturated heterocycles. The lowest BCUT2D eigenvalue weighted by molar-refractivity contribution is -0.157. The van der Waals surface area contributed by atoms with E-state index >= 15 is 0 Å². The molecule has 0 aliphatic carbocycles. The summed E-state index contributed by atoms with van der Waals surface area (Å²) in [6, 6.07) is 0. The second-order valence-electron chi connectivity index (χ2n) is 3.67. The third kappa shape index (κ3) is 3.62. The van der Waals surface area contributed by atoms with E-state index in [2.05, 4.69) is 0 Å². The van der Waals surface area contributed by atoms with E-state index in [0.29, 0.717) is 0 Å². The highest BCUT2D eigenvalue weighted by Crippen LogP contribution is 2.11. The minimum atomic E-state index is -1.17. The van der Waals surface area contributed by atoms with E-state index in [1.165, 1.54) is 19.1 Å². The van der Waals surface area contributed by atoms with Gasteiger partial charge in [0.25, 0.3) is 0 Å². The minimum absolute atomic E-state index is 0.0959. The summed E-state index contributed by atoms with van der Waals surface area (Å²) in [5.74, 6) is -0.483. The Morgan fingerprint density at radius 3 is 2.67 bits per heavy atom. The van der Waals surface area contributed by atoms with Gasteiger partial charge in [0.15, 0.2) is 0 Å². The van der Waals surface area contributed by atoms with Crippen LogP contribution >= 0.6 is 0 Å². The highest BCUT2D eigenvalue weighted by Gasteiger charge is 2.25. The summed E-state index contributed by atoms with van der Waals surface area (Å²) >= 11 is 0. The van der Waals surface area contributed by atoms with Gasteiger partial charge in [0.2, 0.25) is 0 Å². The molecule has 0 aromatic carbocycles. The zero-order valence-corrected chi connectivity index (χ0v) is 8.54. The standard InChI is InChI=1S/C10H16O5/c1-6-10(14)8(12)4-2-7(11)3-5-9(13)15-6/h2,4,6-8,10-12,14H,3,5H2,1H3/b4-2+/t6-,7+,8-,10-/m1/s1. The smallest absolute Gasteiger partial charge is 0.306 e. The molecule has 0 bridgehead atoms. The molecule has 0 aromatic rings. The molecule has 0 amide bonds. The van der Waals surface area contributed by atoms with Gasteiger partial charge < -0.3 is 20.1 Å². The van der Waals surface area contributed by atoms with Crippen molar-refractivity contribution < 1.29 is 24.9 Å². The van der Waals surface area contributed by atoms with Crippen molar-refractivity contribution in [3.63, 3.8) is 0 Å². The summed E-state index contributed by atoms with van der Waals surface area (Å²) in [6.07, 6.45) is -0.829. The second kappa shape index (κ2) is 5.25. The Kier molecular flexibility index (Phi) is 4.26. The van der Waals surface area contributed by atoms with Crippen LogP contribution in [0.1, 0.15) is 19.8 Å². The summed E-state index contributed by atoms with van der Waals surface area (Å²) in [6.45, 7) is 1.51. The monoisotopic (exact) mass is 216 g/mol. The third-order valence-corrected chi connectivity index (χ3v) is 2.32. The van der Waals surface area contributed by atoms with Gasteiger partial charge in [-0.15, -0.1) is 0 Å². The number of ether oxygens (including phenoxy) is 1. The number of cyclic esters (lactones) is 1. The van der Waals surface area contributed by atoms with Crippen LogP contribution in [0.3, 0.4) is 0 Å². The number of carbonyl (C=O) groups is 1. The maximum absolute atomic E-state index is 11.2. The Hall–Kier alpha value is -0.910. The molecule has 0 fully saturated rings. The summed E-state index contributed by atoms with van der Waals surface area (Å²) in [7, 11) is 0. The SMILES string of the molecule is C[C@H]1OC(=O)CC[C@@H](O)/C=C/[C@@H](O)[C@@H]1O. The highest BCUT2D eigenvalue weighted by atomic mass is 16.6. The molecule has 0 radical (unpaired) electrons. The quantitative estimate of drug-likeness (QED) is 0.370. The van der Waals surface area contributed by atoms with E-state index in [-0.39, 0.29) is 12.8 Å². The molecule has 1 heterocycles. The fourth-order valence-corrected chi connectivity index (χ4v) is 1.33. The van der Waals surface area contributed by atoms with Gasteiger partial charge >= 0.3 is 5.97 Å². The maximum atomic E-state index is 11.2. The van der Waals surface area contributed by atoms with E-state index in [1.54, 1.807) is 0 Å². The molecule has 86 valence electrons. The predicted molar refractivity (Wildman–Crippen MR) is 51.9 cm³/mol. The Bertz CT molecular complexity index is 250. The average molecular weight is 216 g/mol. The topological polar surface area (TPSA) is 87.0 Å².